The van der Waals surface area contributed by atoms with Crippen molar-refractivity contribution in [3.05, 3.63) is 24.0 Å². The lowest BCUT2D eigenvalue weighted by Crippen LogP contribution is -2.15. The summed E-state index contributed by atoms with van der Waals surface area (Å²) in [7, 11) is 1.56. The fourth-order valence-corrected chi connectivity index (χ4v) is 2.18. The third kappa shape index (κ3) is 5.95. The van der Waals surface area contributed by atoms with Gasteiger partial charge in [-0.05, 0) is 25.5 Å². The van der Waals surface area contributed by atoms with E-state index in [1.54, 1.807) is 13.2 Å². The molecule has 0 bridgehead atoms. The number of halogens is 1. The number of hydrogen-bond acceptors (Lipinski definition) is 2. The van der Waals surface area contributed by atoms with E-state index in [1.807, 2.05) is 0 Å². The Morgan fingerprint density at radius 2 is 1.95 bits per heavy atom. The molecule has 1 N–H and O–H groups in total. The Morgan fingerprint density at radius 1 is 1.21 bits per heavy atom. The minimum Gasteiger partial charge on any atom is -0.494 e. The molecule has 19 heavy (non-hydrogen) atoms. The highest BCUT2D eigenvalue weighted by Crippen LogP contribution is 2.26. The van der Waals surface area contributed by atoms with Crippen LogP contribution in [0, 0.1) is 5.82 Å². The molecule has 0 aliphatic rings. The van der Waals surface area contributed by atoms with Gasteiger partial charge in [0, 0.05) is 12.1 Å². The fourth-order valence-electron chi connectivity index (χ4n) is 2.18. The van der Waals surface area contributed by atoms with Gasteiger partial charge in [0.2, 0.25) is 0 Å². The highest BCUT2D eigenvalue weighted by molar-refractivity contribution is 5.56. The number of ether oxygens (including phenoxy) is 1. The number of hydrogen-bond donors (Lipinski definition) is 1. The van der Waals surface area contributed by atoms with E-state index in [0.717, 1.165) is 12.1 Å². The Hall–Kier alpha value is -1.25. The van der Waals surface area contributed by atoms with E-state index in [2.05, 4.69) is 19.2 Å². The van der Waals surface area contributed by atoms with Crippen molar-refractivity contribution in [2.45, 2.75) is 58.4 Å². The molecular weight excluding hydrogens is 241 g/mol. The molecule has 0 saturated heterocycles. The highest BCUT2D eigenvalue weighted by Gasteiger charge is 2.07. The van der Waals surface area contributed by atoms with Gasteiger partial charge < -0.3 is 10.1 Å². The Balaban J connectivity index is 2.37. The quantitative estimate of drug-likeness (QED) is 0.636. The van der Waals surface area contributed by atoms with Crippen LogP contribution in [0.1, 0.15) is 52.4 Å². The van der Waals surface area contributed by atoms with Crippen LogP contribution in [0.25, 0.3) is 0 Å². The average Bonchev–Trinajstić information content (AvgIpc) is 2.40. The predicted octanol–water partition coefficient (Wildman–Crippen LogP) is 5.00. The number of anilines is 1. The Morgan fingerprint density at radius 3 is 2.63 bits per heavy atom. The molecule has 1 aromatic carbocycles. The summed E-state index contributed by atoms with van der Waals surface area (Å²) in [5.74, 6) is 0.299. The molecule has 0 aliphatic heterocycles. The van der Waals surface area contributed by atoms with Gasteiger partial charge in [-0.25, -0.2) is 4.39 Å². The molecule has 108 valence electrons. The van der Waals surface area contributed by atoms with Crippen LogP contribution in [0.2, 0.25) is 0 Å². The summed E-state index contributed by atoms with van der Waals surface area (Å²) in [6, 6.07) is 4.98. The highest BCUT2D eigenvalue weighted by atomic mass is 19.1. The zero-order valence-electron chi connectivity index (χ0n) is 12.3. The number of nitrogens with one attached hydrogen (secondary N) is 1. The first-order valence-electron chi connectivity index (χ1n) is 7.27. The van der Waals surface area contributed by atoms with Crippen molar-refractivity contribution in [1.29, 1.82) is 0 Å². The van der Waals surface area contributed by atoms with Crippen LogP contribution in [0.5, 0.6) is 5.75 Å². The molecule has 0 spiro atoms. The molecule has 0 aliphatic carbocycles. The smallest absolute Gasteiger partial charge is 0.144 e. The number of rotatable bonds is 9. The average molecular weight is 267 g/mol. The van der Waals surface area contributed by atoms with E-state index in [0.29, 0.717) is 11.8 Å². The molecule has 0 amide bonds. The van der Waals surface area contributed by atoms with E-state index < -0.39 is 0 Å². The van der Waals surface area contributed by atoms with E-state index >= 15 is 0 Å². The second-order valence-corrected chi connectivity index (χ2v) is 5.09. The van der Waals surface area contributed by atoms with Crippen molar-refractivity contribution in [2.24, 2.45) is 0 Å². The Bertz CT molecular complexity index is 368. The fraction of sp³-hybridized carbons (Fsp3) is 0.625. The van der Waals surface area contributed by atoms with Crippen LogP contribution in [0.15, 0.2) is 18.2 Å². The first-order valence-corrected chi connectivity index (χ1v) is 7.27. The Labute approximate surface area is 116 Å². The molecule has 0 aromatic heterocycles. The van der Waals surface area contributed by atoms with Gasteiger partial charge in [-0.3, -0.25) is 0 Å². The summed E-state index contributed by atoms with van der Waals surface area (Å²) in [5.41, 5.74) is 0.866. The van der Waals surface area contributed by atoms with Crippen molar-refractivity contribution in [2.75, 3.05) is 12.4 Å². The molecule has 0 fully saturated rings. The zero-order valence-corrected chi connectivity index (χ0v) is 12.3. The van der Waals surface area contributed by atoms with Gasteiger partial charge in [0.25, 0.3) is 0 Å². The maximum absolute atomic E-state index is 13.1. The summed E-state index contributed by atoms with van der Waals surface area (Å²) < 4.78 is 18.3. The lowest BCUT2D eigenvalue weighted by Gasteiger charge is -2.17. The van der Waals surface area contributed by atoms with E-state index in [-0.39, 0.29) is 5.82 Å². The van der Waals surface area contributed by atoms with Crippen LogP contribution >= 0.6 is 0 Å². The molecule has 0 saturated carbocycles. The van der Waals surface area contributed by atoms with Gasteiger partial charge in [-0.2, -0.15) is 0 Å². The summed E-state index contributed by atoms with van der Waals surface area (Å²) in [6.07, 6.45) is 7.58. The topological polar surface area (TPSA) is 21.3 Å². The van der Waals surface area contributed by atoms with Crippen molar-refractivity contribution in [1.82, 2.24) is 0 Å². The van der Waals surface area contributed by atoms with Crippen LogP contribution in [0.4, 0.5) is 10.1 Å². The second kappa shape index (κ2) is 8.78. The van der Waals surface area contributed by atoms with Gasteiger partial charge in [0.15, 0.2) is 0 Å². The predicted molar refractivity (Wildman–Crippen MR) is 79.4 cm³/mol. The SMILES string of the molecule is CCCCCCCC(C)Nc1ccc(F)cc1OC. The monoisotopic (exact) mass is 267 g/mol. The summed E-state index contributed by atoms with van der Waals surface area (Å²) in [4.78, 5) is 0. The molecule has 0 heterocycles. The molecule has 1 unspecified atom stereocenters. The third-order valence-electron chi connectivity index (χ3n) is 3.31. The standard InChI is InChI=1S/C16H26FNO/c1-4-5-6-7-8-9-13(2)18-15-11-10-14(17)12-16(15)19-3/h10-13,18H,4-9H2,1-3H3. The zero-order chi connectivity index (χ0) is 14.1. The normalized spacial score (nSPS) is 12.2. The minimum atomic E-state index is -0.269. The van der Waals surface area contributed by atoms with Gasteiger partial charge in [0.1, 0.15) is 11.6 Å². The van der Waals surface area contributed by atoms with Gasteiger partial charge in [-0.1, -0.05) is 39.0 Å². The van der Waals surface area contributed by atoms with Crippen LogP contribution in [0.3, 0.4) is 0 Å². The maximum Gasteiger partial charge on any atom is 0.144 e. The van der Waals surface area contributed by atoms with Gasteiger partial charge in [0.05, 0.1) is 12.8 Å². The lowest BCUT2D eigenvalue weighted by molar-refractivity contribution is 0.412. The molecule has 3 heteroatoms. The van der Waals surface area contributed by atoms with E-state index in [1.165, 1.54) is 44.2 Å². The van der Waals surface area contributed by atoms with Crippen LogP contribution in [-0.2, 0) is 0 Å². The lowest BCUT2D eigenvalue weighted by atomic mass is 10.1. The molecule has 1 rings (SSSR count). The minimum absolute atomic E-state index is 0.269. The molecule has 0 radical (unpaired) electrons. The Kier molecular flexibility index (Phi) is 7.31. The number of benzene rings is 1. The molecule has 1 aromatic rings. The van der Waals surface area contributed by atoms with Crippen LogP contribution < -0.4 is 10.1 Å². The second-order valence-electron chi connectivity index (χ2n) is 5.09. The summed E-state index contributed by atoms with van der Waals surface area (Å²) in [5, 5.41) is 3.39. The van der Waals surface area contributed by atoms with E-state index in [4.69, 9.17) is 4.74 Å². The van der Waals surface area contributed by atoms with Crippen molar-refractivity contribution >= 4 is 5.69 Å². The largest absolute Gasteiger partial charge is 0.494 e. The van der Waals surface area contributed by atoms with Crippen molar-refractivity contribution in [3.63, 3.8) is 0 Å². The summed E-state index contributed by atoms with van der Waals surface area (Å²) in [6.45, 7) is 4.38. The first-order chi connectivity index (χ1) is 9.17. The number of unbranched alkanes of at least 4 members (excludes halogenated alkanes) is 4. The third-order valence-corrected chi connectivity index (χ3v) is 3.31. The number of methoxy groups -OCH3 is 1. The van der Waals surface area contributed by atoms with E-state index in [9.17, 15) is 4.39 Å². The molecule has 1 atom stereocenters. The summed E-state index contributed by atoms with van der Waals surface area (Å²) >= 11 is 0. The van der Waals surface area contributed by atoms with Crippen LogP contribution in [-0.4, -0.2) is 13.2 Å². The maximum atomic E-state index is 13.1. The van der Waals surface area contributed by atoms with Crippen molar-refractivity contribution < 1.29 is 9.13 Å². The first kappa shape index (κ1) is 15.8. The van der Waals surface area contributed by atoms with Gasteiger partial charge in [-0.15, -0.1) is 0 Å². The molecular formula is C16H26FNO. The molecule has 2 nitrogen and oxygen atoms in total. The van der Waals surface area contributed by atoms with Crippen molar-refractivity contribution in [3.8, 4) is 5.75 Å². The van der Waals surface area contributed by atoms with Gasteiger partial charge >= 0.3 is 0 Å².